The molecule has 0 aromatic heterocycles. The Morgan fingerprint density at radius 3 is 2.65 bits per heavy atom. The summed E-state index contributed by atoms with van der Waals surface area (Å²) in [4.78, 5) is 0. The van der Waals surface area contributed by atoms with Gasteiger partial charge in [-0.1, -0.05) is 48.8 Å². The Hall–Kier alpha value is -0.700. The van der Waals surface area contributed by atoms with Gasteiger partial charge in [0.1, 0.15) is 5.60 Å². The SMILES string of the molecule is CC1(C)Cc2cccc(OCC(CBr)C(C)(C)C)c2O1. The maximum absolute atomic E-state index is 6.07. The highest BCUT2D eigenvalue weighted by Gasteiger charge is 2.32. The van der Waals surface area contributed by atoms with Crippen LogP contribution >= 0.6 is 15.9 Å². The predicted octanol–water partition coefficient (Wildman–Crippen LogP) is 4.84. The maximum Gasteiger partial charge on any atom is 0.165 e. The summed E-state index contributed by atoms with van der Waals surface area (Å²) in [6, 6.07) is 6.19. The molecule has 0 bridgehead atoms. The molecule has 1 heterocycles. The van der Waals surface area contributed by atoms with Crippen LogP contribution in [0.2, 0.25) is 0 Å². The van der Waals surface area contributed by atoms with Crippen LogP contribution in [0.5, 0.6) is 11.5 Å². The zero-order valence-electron chi connectivity index (χ0n) is 13.1. The molecular formula is C17H25BrO2. The zero-order chi connectivity index (χ0) is 15.0. The van der Waals surface area contributed by atoms with E-state index in [0.717, 1.165) is 23.2 Å². The third-order valence-electron chi connectivity index (χ3n) is 3.91. The van der Waals surface area contributed by atoms with Gasteiger partial charge in [0.05, 0.1) is 6.61 Å². The first-order valence-electron chi connectivity index (χ1n) is 7.22. The van der Waals surface area contributed by atoms with E-state index in [-0.39, 0.29) is 11.0 Å². The maximum atomic E-state index is 6.07. The number of alkyl halides is 1. The average Bonchev–Trinajstić information content (AvgIpc) is 2.62. The van der Waals surface area contributed by atoms with Crippen LogP contribution in [0.25, 0.3) is 0 Å². The Morgan fingerprint density at radius 1 is 1.35 bits per heavy atom. The monoisotopic (exact) mass is 340 g/mol. The van der Waals surface area contributed by atoms with Gasteiger partial charge in [0, 0.05) is 23.2 Å². The molecule has 0 radical (unpaired) electrons. The second-order valence-electron chi connectivity index (χ2n) is 7.31. The van der Waals surface area contributed by atoms with Crippen LogP contribution < -0.4 is 9.47 Å². The van der Waals surface area contributed by atoms with Gasteiger partial charge in [0.15, 0.2) is 11.5 Å². The molecule has 3 heteroatoms. The van der Waals surface area contributed by atoms with Crippen LogP contribution in [0.3, 0.4) is 0 Å². The Bertz CT molecular complexity index is 474. The number of halogens is 1. The summed E-state index contributed by atoms with van der Waals surface area (Å²) < 4.78 is 12.1. The molecule has 1 atom stereocenters. The van der Waals surface area contributed by atoms with Gasteiger partial charge in [-0.25, -0.2) is 0 Å². The van der Waals surface area contributed by atoms with E-state index < -0.39 is 0 Å². The molecular weight excluding hydrogens is 316 g/mol. The lowest BCUT2D eigenvalue weighted by molar-refractivity contribution is 0.123. The molecule has 0 amide bonds. The highest BCUT2D eigenvalue weighted by molar-refractivity contribution is 9.09. The molecule has 2 rings (SSSR count). The third kappa shape index (κ3) is 3.49. The van der Waals surface area contributed by atoms with E-state index in [9.17, 15) is 0 Å². The second-order valence-corrected chi connectivity index (χ2v) is 7.96. The summed E-state index contributed by atoms with van der Waals surface area (Å²) in [6.07, 6.45) is 0.945. The highest BCUT2D eigenvalue weighted by Crippen LogP contribution is 2.42. The number of hydrogen-bond acceptors (Lipinski definition) is 2. The van der Waals surface area contributed by atoms with Crippen LogP contribution in [0.1, 0.15) is 40.2 Å². The number of hydrogen-bond donors (Lipinski definition) is 0. The predicted molar refractivity (Wildman–Crippen MR) is 87.1 cm³/mol. The molecule has 20 heavy (non-hydrogen) atoms. The molecule has 1 unspecified atom stereocenters. The fraction of sp³-hybridized carbons (Fsp3) is 0.647. The molecule has 1 aromatic carbocycles. The van der Waals surface area contributed by atoms with E-state index in [4.69, 9.17) is 9.47 Å². The van der Waals surface area contributed by atoms with E-state index in [1.54, 1.807) is 0 Å². The molecule has 0 spiro atoms. The van der Waals surface area contributed by atoms with Crippen LogP contribution in [0.15, 0.2) is 18.2 Å². The summed E-state index contributed by atoms with van der Waals surface area (Å²) in [6.45, 7) is 11.7. The van der Waals surface area contributed by atoms with Crippen molar-refractivity contribution in [2.75, 3.05) is 11.9 Å². The minimum Gasteiger partial charge on any atom is -0.489 e. The van der Waals surface area contributed by atoms with E-state index in [0.29, 0.717) is 12.5 Å². The molecule has 1 aromatic rings. The summed E-state index contributed by atoms with van der Waals surface area (Å²) in [5.74, 6) is 2.27. The van der Waals surface area contributed by atoms with Gasteiger partial charge in [-0.15, -0.1) is 0 Å². The van der Waals surface area contributed by atoms with Crippen molar-refractivity contribution in [2.45, 2.75) is 46.6 Å². The number of para-hydroxylation sites is 1. The molecule has 2 nitrogen and oxygen atoms in total. The molecule has 1 aliphatic rings. The van der Waals surface area contributed by atoms with Crippen molar-refractivity contribution in [2.24, 2.45) is 11.3 Å². The topological polar surface area (TPSA) is 18.5 Å². The van der Waals surface area contributed by atoms with Crippen molar-refractivity contribution < 1.29 is 9.47 Å². The minimum absolute atomic E-state index is 0.124. The first-order chi connectivity index (χ1) is 9.23. The normalized spacial score (nSPS) is 18.3. The number of fused-ring (bicyclic) bond motifs is 1. The third-order valence-corrected chi connectivity index (χ3v) is 4.69. The van der Waals surface area contributed by atoms with Gasteiger partial charge >= 0.3 is 0 Å². The zero-order valence-corrected chi connectivity index (χ0v) is 14.7. The number of ether oxygens (including phenoxy) is 2. The lowest BCUT2D eigenvalue weighted by Crippen LogP contribution is -2.28. The van der Waals surface area contributed by atoms with Gasteiger partial charge < -0.3 is 9.47 Å². The summed E-state index contributed by atoms with van der Waals surface area (Å²) in [7, 11) is 0. The van der Waals surface area contributed by atoms with Crippen LogP contribution in [0, 0.1) is 11.3 Å². The Balaban J connectivity index is 2.11. The quantitative estimate of drug-likeness (QED) is 0.730. The fourth-order valence-electron chi connectivity index (χ4n) is 2.42. The van der Waals surface area contributed by atoms with E-state index >= 15 is 0 Å². The second kappa shape index (κ2) is 5.59. The van der Waals surface area contributed by atoms with E-state index in [1.165, 1.54) is 5.56 Å². The standard InChI is InChI=1S/C17H25BrO2/c1-16(2,3)13(10-18)11-19-14-8-6-7-12-9-17(4,5)20-15(12)14/h6-8,13H,9-11H2,1-5H3. The Labute approximate surface area is 131 Å². The van der Waals surface area contributed by atoms with Crippen LogP contribution in [-0.4, -0.2) is 17.5 Å². The average molecular weight is 341 g/mol. The fourth-order valence-corrected chi connectivity index (χ4v) is 3.58. The van der Waals surface area contributed by atoms with Crippen molar-refractivity contribution in [1.29, 1.82) is 0 Å². The minimum atomic E-state index is -0.124. The summed E-state index contributed by atoms with van der Waals surface area (Å²) in [5.41, 5.74) is 1.35. The van der Waals surface area contributed by atoms with Crippen molar-refractivity contribution in [3.05, 3.63) is 23.8 Å². The van der Waals surface area contributed by atoms with Crippen molar-refractivity contribution >= 4 is 15.9 Å². The number of benzene rings is 1. The lowest BCUT2D eigenvalue weighted by atomic mass is 9.83. The smallest absolute Gasteiger partial charge is 0.165 e. The van der Waals surface area contributed by atoms with Crippen molar-refractivity contribution in [1.82, 2.24) is 0 Å². The highest BCUT2D eigenvalue weighted by atomic mass is 79.9. The molecule has 0 aliphatic carbocycles. The first-order valence-corrected chi connectivity index (χ1v) is 8.35. The van der Waals surface area contributed by atoms with Crippen molar-refractivity contribution in [3.63, 3.8) is 0 Å². The van der Waals surface area contributed by atoms with Gasteiger partial charge in [-0.3, -0.25) is 0 Å². The summed E-state index contributed by atoms with van der Waals surface area (Å²) >= 11 is 3.59. The van der Waals surface area contributed by atoms with Crippen LogP contribution in [0.4, 0.5) is 0 Å². The van der Waals surface area contributed by atoms with Gasteiger partial charge in [-0.05, 0) is 25.3 Å². The Morgan fingerprint density at radius 2 is 2.05 bits per heavy atom. The molecule has 0 fully saturated rings. The molecule has 0 saturated heterocycles. The van der Waals surface area contributed by atoms with E-state index in [2.05, 4.69) is 62.7 Å². The molecule has 1 aliphatic heterocycles. The van der Waals surface area contributed by atoms with Crippen LogP contribution in [-0.2, 0) is 6.42 Å². The van der Waals surface area contributed by atoms with Crippen molar-refractivity contribution in [3.8, 4) is 11.5 Å². The van der Waals surface area contributed by atoms with Gasteiger partial charge in [0.25, 0.3) is 0 Å². The molecule has 112 valence electrons. The Kier molecular flexibility index (Phi) is 4.38. The number of rotatable bonds is 4. The molecule has 0 N–H and O–H groups in total. The molecule has 0 saturated carbocycles. The largest absolute Gasteiger partial charge is 0.489 e. The van der Waals surface area contributed by atoms with Gasteiger partial charge in [-0.2, -0.15) is 0 Å². The lowest BCUT2D eigenvalue weighted by Gasteiger charge is -2.29. The summed E-state index contributed by atoms with van der Waals surface area (Å²) in [5, 5.41) is 0.942. The first kappa shape index (κ1) is 15.7. The van der Waals surface area contributed by atoms with Gasteiger partial charge in [0.2, 0.25) is 0 Å². The van der Waals surface area contributed by atoms with E-state index in [1.807, 2.05) is 6.07 Å².